The zero-order valence-corrected chi connectivity index (χ0v) is 14.6. The summed E-state index contributed by atoms with van der Waals surface area (Å²) >= 11 is 0. The van der Waals surface area contributed by atoms with Crippen molar-refractivity contribution in [1.29, 1.82) is 0 Å². The third kappa shape index (κ3) is 3.77. The van der Waals surface area contributed by atoms with Gasteiger partial charge in [0.1, 0.15) is 0 Å². The molecule has 0 amide bonds. The summed E-state index contributed by atoms with van der Waals surface area (Å²) in [6.07, 6.45) is 4.13. The molecular weight excluding hydrogens is 286 g/mol. The van der Waals surface area contributed by atoms with Crippen LogP contribution in [0, 0.1) is 0 Å². The van der Waals surface area contributed by atoms with Crippen LogP contribution in [-0.4, -0.2) is 58.8 Å². The van der Waals surface area contributed by atoms with Crippen LogP contribution in [0.4, 0.5) is 0 Å². The number of fused-ring (bicyclic) bond motifs is 1. The highest BCUT2D eigenvalue weighted by atomic mass is 16.3. The second kappa shape index (κ2) is 6.63. The molecule has 0 radical (unpaired) electrons. The topological polar surface area (TPSA) is 31.6 Å². The number of aliphatic hydroxyl groups is 1. The third-order valence-corrected chi connectivity index (χ3v) is 4.83. The highest BCUT2D eigenvalue weighted by Crippen LogP contribution is 2.24. The van der Waals surface area contributed by atoms with Crippen molar-refractivity contribution in [3.05, 3.63) is 36.0 Å². The molecule has 1 aliphatic rings. The van der Waals surface area contributed by atoms with Gasteiger partial charge in [0, 0.05) is 37.9 Å². The van der Waals surface area contributed by atoms with Crippen LogP contribution in [0.1, 0.15) is 25.3 Å². The monoisotopic (exact) mass is 315 g/mol. The number of aryl methyl sites for hydroxylation is 1. The first kappa shape index (κ1) is 16.5. The fourth-order valence-corrected chi connectivity index (χ4v) is 3.92. The minimum absolute atomic E-state index is 0.574. The smallest absolute Gasteiger partial charge is 0.0900 e. The van der Waals surface area contributed by atoms with Gasteiger partial charge in [0.05, 0.1) is 5.60 Å². The summed E-state index contributed by atoms with van der Waals surface area (Å²) in [6.45, 7) is 6.67. The summed E-state index contributed by atoms with van der Waals surface area (Å²) in [6, 6.07) is 8.92. The molecule has 1 fully saturated rings. The molecule has 2 aromatic rings. The number of nitrogens with zero attached hydrogens (tertiary/aromatic N) is 3. The first-order chi connectivity index (χ1) is 11.0. The molecule has 0 spiro atoms. The van der Waals surface area contributed by atoms with Gasteiger partial charge in [-0.1, -0.05) is 12.1 Å². The summed E-state index contributed by atoms with van der Waals surface area (Å²) in [5, 5.41) is 12.1. The van der Waals surface area contributed by atoms with Gasteiger partial charge in [-0.15, -0.1) is 0 Å². The second-order valence-electron chi connectivity index (χ2n) is 7.27. The maximum atomic E-state index is 10.8. The Labute approximate surface area is 139 Å². The standard InChI is InChI=1S/C19H29N3O/c1-4-22-11-8-17-7-6-16(12-18(17)22)13-21-10-5-9-19(23,15-21)14-20(2)3/h6-8,11-12,23H,4-5,9-10,13-15H2,1-3H3. The van der Waals surface area contributed by atoms with Crippen LogP contribution in [0.3, 0.4) is 0 Å². The number of rotatable bonds is 5. The van der Waals surface area contributed by atoms with Crippen molar-refractivity contribution in [2.24, 2.45) is 0 Å². The highest BCUT2D eigenvalue weighted by Gasteiger charge is 2.33. The molecule has 126 valence electrons. The van der Waals surface area contributed by atoms with Crippen LogP contribution < -0.4 is 0 Å². The largest absolute Gasteiger partial charge is 0.387 e. The summed E-state index contributed by atoms with van der Waals surface area (Å²) in [5.41, 5.74) is 2.07. The van der Waals surface area contributed by atoms with Crippen molar-refractivity contribution in [2.45, 2.75) is 38.5 Å². The zero-order valence-electron chi connectivity index (χ0n) is 14.6. The van der Waals surface area contributed by atoms with Gasteiger partial charge in [0.25, 0.3) is 0 Å². The van der Waals surface area contributed by atoms with Gasteiger partial charge in [-0.05, 0) is 63.5 Å². The molecule has 0 saturated carbocycles. The number of piperidine rings is 1. The van der Waals surface area contributed by atoms with E-state index in [4.69, 9.17) is 0 Å². The van der Waals surface area contributed by atoms with Gasteiger partial charge < -0.3 is 14.6 Å². The molecule has 1 atom stereocenters. The molecule has 3 rings (SSSR count). The van der Waals surface area contributed by atoms with Crippen LogP contribution in [0.15, 0.2) is 30.5 Å². The zero-order chi connectivity index (χ0) is 16.4. The molecular formula is C19H29N3O. The van der Waals surface area contributed by atoms with E-state index >= 15 is 0 Å². The van der Waals surface area contributed by atoms with E-state index in [9.17, 15) is 5.11 Å². The lowest BCUT2D eigenvalue weighted by Crippen LogP contribution is -2.52. The Balaban J connectivity index is 1.73. The van der Waals surface area contributed by atoms with Crippen molar-refractivity contribution in [3.8, 4) is 0 Å². The minimum Gasteiger partial charge on any atom is -0.387 e. The first-order valence-corrected chi connectivity index (χ1v) is 8.66. The van der Waals surface area contributed by atoms with Gasteiger partial charge >= 0.3 is 0 Å². The molecule has 4 heteroatoms. The van der Waals surface area contributed by atoms with E-state index in [1.807, 2.05) is 14.1 Å². The average Bonchev–Trinajstić information content (AvgIpc) is 2.88. The Morgan fingerprint density at radius 2 is 2.09 bits per heavy atom. The maximum Gasteiger partial charge on any atom is 0.0900 e. The molecule has 1 saturated heterocycles. The normalized spacial score (nSPS) is 23.0. The number of likely N-dealkylation sites (N-methyl/N-ethyl adjacent to an activating group) is 1. The summed E-state index contributed by atoms with van der Waals surface area (Å²) in [4.78, 5) is 4.48. The van der Waals surface area contributed by atoms with Gasteiger partial charge in [-0.3, -0.25) is 4.90 Å². The summed E-state index contributed by atoms with van der Waals surface area (Å²) < 4.78 is 2.29. The predicted octanol–water partition coefficient (Wildman–Crippen LogP) is 2.55. The fourth-order valence-electron chi connectivity index (χ4n) is 3.92. The van der Waals surface area contributed by atoms with Crippen molar-refractivity contribution in [1.82, 2.24) is 14.4 Å². The lowest BCUT2D eigenvalue weighted by atomic mass is 9.92. The van der Waals surface area contributed by atoms with E-state index in [-0.39, 0.29) is 0 Å². The van der Waals surface area contributed by atoms with E-state index < -0.39 is 5.60 Å². The Morgan fingerprint density at radius 3 is 2.83 bits per heavy atom. The average molecular weight is 315 g/mol. The number of aromatic nitrogens is 1. The first-order valence-electron chi connectivity index (χ1n) is 8.66. The molecule has 0 aliphatic carbocycles. The molecule has 2 heterocycles. The van der Waals surface area contributed by atoms with E-state index in [0.717, 1.165) is 45.6 Å². The number of likely N-dealkylation sites (tertiary alicyclic amines) is 1. The molecule has 4 nitrogen and oxygen atoms in total. The molecule has 1 aromatic heterocycles. The Kier molecular flexibility index (Phi) is 4.76. The minimum atomic E-state index is -0.574. The van der Waals surface area contributed by atoms with Gasteiger partial charge in [-0.2, -0.15) is 0 Å². The Hall–Kier alpha value is -1.36. The fraction of sp³-hybridized carbons (Fsp3) is 0.579. The Bertz CT molecular complexity index is 664. The van der Waals surface area contributed by atoms with Crippen LogP contribution in [0.5, 0.6) is 0 Å². The van der Waals surface area contributed by atoms with Crippen LogP contribution >= 0.6 is 0 Å². The molecule has 1 aromatic carbocycles. The van der Waals surface area contributed by atoms with Gasteiger partial charge in [0.2, 0.25) is 0 Å². The highest BCUT2D eigenvalue weighted by molar-refractivity contribution is 5.80. The third-order valence-electron chi connectivity index (χ3n) is 4.83. The molecule has 0 bridgehead atoms. The van der Waals surface area contributed by atoms with Crippen molar-refractivity contribution in [3.63, 3.8) is 0 Å². The van der Waals surface area contributed by atoms with E-state index in [1.54, 1.807) is 0 Å². The maximum absolute atomic E-state index is 10.8. The van der Waals surface area contributed by atoms with Crippen molar-refractivity contribution >= 4 is 10.9 Å². The Morgan fingerprint density at radius 1 is 1.26 bits per heavy atom. The van der Waals surface area contributed by atoms with E-state index in [2.05, 4.69) is 51.8 Å². The summed E-state index contributed by atoms with van der Waals surface area (Å²) in [7, 11) is 4.06. The summed E-state index contributed by atoms with van der Waals surface area (Å²) in [5.74, 6) is 0. The SMILES string of the molecule is CCn1ccc2ccc(CN3CCCC(O)(CN(C)C)C3)cc21. The van der Waals surface area contributed by atoms with Crippen molar-refractivity contribution in [2.75, 3.05) is 33.7 Å². The quantitative estimate of drug-likeness (QED) is 0.920. The molecule has 23 heavy (non-hydrogen) atoms. The number of β-amino-alcohol motifs (C(OH)–C–C–N with tert-alkyl or cyclic N) is 1. The lowest BCUT2D eigenvalue weighted by molar-refractivity contribution is -0.0479. The van der Waals surface area contributed by atoms with Crippen LogP contribution in [0.25, 0.3) is 10.9 Å². The van der Waals surface area contributed by atoms with Gasteiger partial charge in [-0.25, -0.2) is 0 Å². The van der Waals surface area contributed by atoms with Crippen LogP contribution in [0.2, 0.25) is 0 Å². The van der Waals surface area contributed by atoms with Crippen molar-refractivity contribution < 1.29 is 5.11 Å². The number of hydrogen-bond donors (Lipinski definition) is 1. The number of hydrogen-bond acceptors (Lipinski definition) is 3. The van der Waals surface area contributed by atoms with E-state index in [1.165, 1.54) is 16.5 Å². The lowest BCUT2D eigenvalue weighted by Gasteiger charge is -2.40. The van der Waals surface area contributed by atoms with Gasteiger partial charge in [0.15, 0.2) is 0 Å². The second-order valence-corrected chi connectivity index (χ2v) is 7.27. The van der Waals surface area contributed by atoms with Crippen LogP contribution in [-0.2, 0) is 13.1 Å². The number of benzene rings is 1. The molecule has 1 aliphatic heterocycles. The molecule has 1 unspecified atom stereocenters. The predicted molar refractivity (Wildman–Crippen MR) is 95.6 cm³/mol. The van der Waals surface area contributed by atoms with E-state index in [0.29, 0.717) is 0 Å². The molecule has 1 N–H and O–H groups in total.